The van der Waals surface area contributed by atoms with Crippen LogP contribution in [0.15, 0.2) is 0 Å². The topological polar surface area (TPSA) is 60.4 Å². The fourth-order valence-electron chi connectivity index (χ4n) is 9.74. The number of unbranched alkanes of at least 4 members (excludes halogenated alkanes) is 6. The number of Topliss-reactive ketones (excluding diaryl/α,β-unsaturated/α-hetero) is 1. The highest BCUT2D eigenvalue weighted by atomic mass is 32.2. The van der Waals surface area contributed by atoms with E-state index in [4.69, 9.17) is 0 Å². The molecule has 0 aromatic carbocycles. The van der Waals surface area contributed by atoms with Gasteiger partial charge in [-0.15, -0.1) is 0 Å². The number of hydrogen-bond donors (Lipinski definition) is 1. The van der Waals surface area contributed by atoms with Gasteiger partial charge in [0.05, 0.1) is 6.10 Å². The number of alkyl halides is 5. The molecule has 0 aromatic heterocycles. The summed E-state index contributed by atoms with van der Waals surface area (Å²) in [6.45, 7) is 4.82. The van der Waals surface area contributed by atoms with Gasteiger partial charge in [0.25, 0.3) is 0 Å². The Morgan fingerprint density at radius 2 is 1.48 bits per heavy atom. The van der Waals surface area contributed by atoms with Crippen molar-refractivity contribution in [1.29, 1.82) is 0 Å². The molecule has 0 aliphatic heterocycles. The Morgan fingerprint density at radius 1 is 0.857 bits per heavy atom. The van der Waals surface area contributed by atoms with Crippen molar-refractivity contribution in [2.45, 2.75) is 148 Å². The minimum Gasteiger partial charge on any atom is -0.616 e. The van der Waals surface area contributed by atoms with Gasteiger partial charge in [-0.2, -0.15) is 22.0 Å². The summed E-state index contributed by atoms with van der Waals surface area (Å²) in [7, 11) is 0. The maximum absolute atomic E-state index is 13.0. The first-order chi connectivity index (χ1) is 19.7. The second-order valence-corrected chi connectivity index (χ2v) is 16.5. The average Bonchev–Trinajstić information content (AvgIpc) is 3.21. The molecule has 4 aliphatic carbocycles. The molecule has 4 aliphatic rings. The number of aliphatic hydroxyl groups excluding tert-OH is 1. The molecule has 0 spiro atoms. The number of ketones is 1. The molecule has 0 heterocycles. The van der Waals surface area contributed by atoms with E-state index in [1.807, 2.05) is 0 Å². The minimum atomic E-state index is -5.54. The molecule has 0 amide bonds. The maximum atomic E-state index is 13.0. The van der Waals surface area contributed by atoms with Crippen LogP contribution in [-0.2, 0) is 16.0 Å². The Morgan fingerprint density at radius 3 is 2.17 bits per heavy atom. The van der Waals surface area contributed by atoms with E-state index in [-0.39, 0.29) is 22.7 Å². The SMILES string of the molecule is C[C@]12CCC(=O)C[C@@H]1C[C@@H](CCCCCCCCC[S+]([O-])CCCC(F)(F)C(F)(F)F)[C@@H]1[C@@H]2CC[C@]2(C)[C@@H](O)CC[C@@H]12. The lowest BCUT2D eigenvalue weighted by atomic mass is 9.42. The standard InChI is InChI=1S/C33H53F5O3S/c1-30-17-14-25(39)22-24(30)21-23(29-26-12-13-28(40)31(26,2)18-15-27(29)30)11-8-6-4-3-5-7-9-19-42(41)20-10-16-32(34,35)33(36,37)38/h23-24,26-29,40H,3-22H2,1-2H3/t23-,24+,26+,27+,28+,29+,30+,31+,42?/m1/s1. The monoisotopic (exact) mass is 624 g/mol. The van der Waals surface area contributed by atoms with Crippen LogP contribution in [0.25, 0.3) is 0 Å². The molecule has 4 saturated carbocycles. The lowest BCUT2D eigenvalue weighted by molar-refractivity contribution is -0.284. The predicted octanol–water partition coefficient (Wildman–Crippen LogP) is 9.03. The second-order valence-electron chi connectivity index (χ2n) is 14.8. The summed E-state index contributed by atoms with van der Waals surface area (Å²) in [6.07, 6.45) is 9.05. The smallest absolute Gasteiger partial charge is 0.453 e. The van der Waals surface area contributed by atoms with Crippen molar-refractivity contribution in [3.8, 4) is 0 Å². The van der Waals surface area contributed by atoms with Crippen LogP contribution in [0.4, 0.5) is 22.0 Å². The van der Waals surface area contributed by atoms with Gasteiger partial charge in [-0.25, -0.2) is 0 Å². The zero-order valence-corrected chi connectivity index (χ0v) is 26.5. The van der Waals surface area contributed by atoms with Crippen LogP contribution in [0.5, 0.6) is 0 Å². The predicted molar refractivity (Wildman–Crippen MR) is 157 cm³/mol. The van der Waals surface area contributed by atoms with Gasteiger partial charge >= 0.3 is 12.1 Å². The Labute approximate surface area is 252 Å². The Balaban J connectivity index is 1.16. The highest BCUT2D eigenvalue weighted by Crippen LogP contribution is 2.67. The number of halogens is 5. The first-order valence-corrected chi connectivity index (χ1v) is 18.2. The fraction of sp³-hybridized carbons (Fsp3) is 0.970. The molecule has 9 atom stereocenters. The number of rotatable bonds is 14. The lowest BCUT2D eigenvalue weighted by Crippen LogP contribution is -2.57. The average molecular weight is 625 g/mol. The zero-order valence-electron chi connectivity index (χ0n) is 25.7. The van der Waals surface area contributed by atoms with Gasteiger partial charge in [-0.05, 0) is 98.2 Å². The Hall–Kier alpha value is -0.410. The first-order valence-electron chi connectivity index (χ1n) is 16.7. The lowest BCUT2D eigenvalue weighted by Gasteiger charge is -2.62. The van der Waals surface area contributed by atoms with E-state index < -0.39 is 36.1 Å². The summed E-state index contributed by atoms with van der Waals surface area (Å²) >= 11 is -1.35. The van der Waals surface area contributed by atoms with Crippen LogP contribution < -0.4 is 0 Å². The first kappa shape index (κ1) is 34.5. The third-order valence-electron chi connectivity index (χ3n) is 12.3. The molecule has 0 saturated heterocycles. The van der Waals surface area contributed by atoms with Crippen molar-refractivity contribution in [2.24, 2.45) is 40.4 Å². The molecule has 0 bridgehead atoms. The van der Waals surface area contributed by atoms with Crippen molar-refractivity contribution in [1.82, 2.24) is 0 Å². The van der Waals surface area contributed by atoms with Crippen molar-refractivity contribution in [3.63, 3.8) is 0 Å². The van der Waals surface area contributed by atoms with E-state index in [2.05, 4.69) is 13.8 Å². The molecule has 3 nitrogen and oxygen atoms in total. The van der Waals surface area contributed by atoms with E-state index in [1.54, 1.807) is 0 Å². The van der Waals surface area contributed by atoms with Gasteiger partial charge in [0.2, 0.25) is 0 Å². The highest BCUT2D eigenvalue weighted by Gasteiger charge is 2.62. The van der Waals surface area contributed by atoms with Gasteiger partial charge in [0.15, 0.2) is 0 Å². The summed E-state index contributed by atoms with van der Waals surface area (Å²) in [6, 6.07) is 0. The summed E-state index contributed by atoms with van der Waals surface area (Å²) in [5.41, 5.74) is 0.312. The molecular weight excluding hydrogens is 571 g/mol. The minimum absolute atomic E-state index is 0.0465. The number of aliphatic hydroxyl groups is 1. The molecule has 0 aromatic rings. The molecule has 9 heteroatoms. The summed E-state index contributed by atoms with van der Waals surface area (Å²) < 4.78 is 74.6. The number of carbonyl (C=O) groups is 1. The fourth-order valence-corrected chi connectivity index (χ4v) is 10.9. The Kier molecular flexibility index (Phi) is 11.4. The van der Waals surface area contributed by atoms with Crippen LogP contribution in [0, 0.1) is 40.4 Å². The van der Waals surface area contributed by atoms with E-state index >= 15 is 0 Å². The number of fused-ring (bicyclic) bond motifs is 5. The third-order valence-corrected chi connectivity index (χ3v) is 13.8. The van der Waals surface area contributed by atoms with Crippen molar-refractivity contribution < 1.29 is 36.4 Å². The molecule has 4 rings (SSSR count). The zero-order chi connectivity index (χ0) is 30.8. The summed E-state index contributed by atoms with van der Waals surface area (Å²) in [4.78, 5) is 12.4. The summed E-state index contributed by atoms with van der Waals surface area (Å²) in [5.74, 6) is -0.938. The molecule has 42 heavy (non-hydrogen) atoms. The van der Waals surface area contributed by atoms with E-state index in [9.17, 15) is 36.4 Å². The van der Waals surface area contributed by atoms with Gasteiger partial charge in [0, 0.05) is 19.3 Å². The van der Waals surface area contributed by atoms with Crippen molar-refractivity contribution in [3.05, 3.63) is 0 Å². The van der Waals surface area contributed by atoms with E-state index in [0.29, 0.717) is 47.5 Å². The summed E-state index contributed by atoms with van der Waals surface area (Å²) in [5, 5.41) is 10.9. The van der Waals surface area contributed by atoms with Gasteiger partial charge < -0.3 is 9.66 Å². The van der Waals surface area contributed by atoms with E-state index in [0.717, 1.165) is 70.6 Å². The van der Waals surface area contributed by atoms with Crippen LogP contribution in [0.2, 0.25) is 0 Å². The molecule has 1 unspecified atom stereocenters. The molecule has 0 radical (unpaired) electrons. The van der Waals surface area contributed by atoms with Crippen molar-refractivity contribution in [2.75, 3.05) is 11.5 Å². The number of carbonyl (C=O) groups excluding carboxylic acids is 1. The van der Waals surface area contributed by atoms with Crippen LogP contribution in [-0.4, -0.2) is 45.2 Å². The highest BCUT2D eigenvalue weighted by molar-refractivity contribution is 7.91. The molecule has 244 valence electrons. The van der Waals surface area contributed by atoms with Gasteiger partial charge in [0.1, 0.15) is 17.3 Å². The van der Waals surface area contributed by atoms with Crippen LogP contribution in [0.3, 0.4) is 0 Å². The van der Waals surface area contributed by atoms with Crippen molar-refractivity contribution >= 4 is 17.0 Å². The number of hydrogen-bond acceptors (Lipinski definition) is 3. The second kappa shape index (κ2) is 13.9. The van der Waals surface area contributed by atoms with E-state index in [1.165, 1.54) is 25.7 Å². The van der Waals surface area contributed by atoms with Gasteiger partial charge in [-0.3, -0.25) is 4.79 Å². The third kappa shape index (κ3) is 7.51. The Bertz CT molecular complexity index is 899. The maximum Gasteiger partial charge on any atom is 0.453 e. The van der Waals surface area contributed by atoms with Crippen LogP contribution >= 0.6 is 0 Å². The molecule has 4 fully saturated rings. The normalized spacial score (nSPS) is 37.7. The van der Waals surface area contributed by atoms with Gasteiger partial charge in [-0.1, -0.05) is 63.5 Å². The molecular formula is C33H53F5O3S. The van der Waals surface area contributed by atoms with Crippen LogP contribution in [0.1, 0.15) is 129 Å². The molecule has 1 N–H and O–H groups in total. The largest absolute Gasteiger partial charge is 0.616 e. The quantitative estimate of drug-likeness (QED) is 0.119.